The maximum atomic E-state index is 13.9. The van der Waals surface area contributed by atoms with E-state index < -0.39 is 11.4 Å². The number of rotatable bonds is 1. The minimum Gasteiger partial charge on any atom is -0.331 e. The van der Waals surface area contributed by atoms with Crippen LogP contribution in [0.15, 0.2) is 41.2 Å². The second-order valence-corrected chi connectivity index (χ2v) is 5.53. The van der Waals surface area contributed by atoms with Crippen molar-refractivity contribution >= 4 is 46.3 Å². The van der Waals surface area contributed by atoms with Gasteiger partial charge in [0.2, 0.25) is 0 Å². The van der Waals surface area contributed by atoms with Gasteiger partial charge in [-0.1, -0.05) is 29.3 Å². The van der Waals surface area contributed by atoms with Crippen LogP contribution in [0.1, 0.15) is 0 Å². The van der Waals surface area contributed by atoms with Crippen molar-refractivity contribution in [2.45, 2.75) is 0 Å². The van der Waals surface area contributed by atoms with Crippen LogP contribution < -0.4 is 5.56 Å². The van der Waals surface area contributed by atoms with Gasteiger partial charge in [0.05, 0.1) is 26.6 Å². The van der Waals surface area contributed by atoms with Gasteiger partial charge in [-0.2, -0.15) is 0 Å². The van der Waals surface area contributed by atoms with Gasteiger partial charge in [-0.15, -0.1) is 0 Å². The Hall–Kier alpha value is -1.69. The third kappa shape index (κ3) is 2.37. The van der Waals surface area contributed by atoms with Gasteiger partial charge in [-0.3, -0.25) is 9.36 Å². The first-order valence-electron chi connectivity index (χ1n) is 5.88. The molecule has 1 N–H and O–H groups in total. The van der Waals surface area contributed by atoms with Gasteiger partial charge in [-0.05, 0) is 42.5 Å². The Morgan fingerprint density at radius 2 is 1.90 bits per heavy atom. The Kier molecular flexibility index (Phi) is 3.57. The van der Waals surface area contributed by atoms with Gasteiger partial charge in [0, 0.05) is 0 Å². The molecule has 3 nitrogen and oxygen atoms in total. The van der Waals surface area contributed by atoms with E-state index in [2.05, 4.69) is 4.98 Å². The quantitative estimate of drug-likeness (QED) is 0.662. The summed E-state index contributed by atoms with van der Waals surface area (Å²) in [5.74, 6) is -0.613. The number of nitrogens with zero attached hydrogens (tertiary/aromatic N) is 1. The topological polar surface area (TPSA) is 37.8 Å². The molecule has 7 heteroatoms. The highest BCUT2D eigenvalue weighted by atomic mass is 35.5. The fraction of sp³-hybridized carbons (Fsp3) is 0. The minimum absolute atomic E-state index is 0.0582. The minimum atomic E-state index is -0.613. The Bertz CT molecular complexity index is 981. The Labute approximate surface area is 133 Å². The Morgan fingerprint density at radius 3 is 2.62 bits per heavy atom. The number of benzene rings is 2. The van der Waals surface area contributed by atoms with Crippen molar-refractivity contribution in [1.29, 1.82) is 0 Å². The number of hydrogen-bond donors (Lipinski definition) is 1. The normalized spacial score (nSPS) is 11.0. The van der Waals surface area contributed by atoms with Crippen molar-refractivity contribution in [1.82, 2.24) is 9.55 Å². The van der Waals surface area contributed by atoms with E-state index in [9.17, 15) is 9.18 Å². The van der Waals surface area contributed by atoms with Gasteiger partial charge < -0.3 is 4.98 Å². The van der Waals surface area contributed by atoms with Crippen molar-refractivity contribution in [2.24, 2.45) is 0 Å². The van der Waals surface area contributed by atoms with Gasteiger partial charge in [0.1, 0.15) is 5.82 Å². The molecule has 0 saturated carbocycles. The van der Waals surface area contributed by atoms with Crippen LogP contribution in [-0.4, -0.2) is 9.55 Å². The molecule has 1 heterocycles. The summed E-state index contributed by atoms with van der Waals surface area (Å²) in [6.07, 6.45) is 0. The van der Waals surface area contributed by atoms with Crippen LogP contribution in [0.3, 0.4) is 0 Å². The Balaban J connectivity index is 2.43. The number of halogens is 3. The average Bonchev–Trinajstić information content (AvgIpc) is 2.42. The molecule has 3 rings (SSSR count). The lowest BCUT2D eigenvalue weighted by molar-refractivity contribution is 0.637. The first-order valence-corrected chi connectivity index (χ1v) is 7.04. The Morgan fingerprint density at radius 1 is 1.14 bits per heavy atom. The smallest absolute Gasteiger partial charge is 0.269 e. The summed E-state index contributed by atoms with van der Waals surface area (Å²) in [6, 6.07) is 8.96. The summed E-state index contributed by atoms with van der Waals surface area (Å²) < 4.78 is 15.2. The predicted molar refractivity (Wildman–Crippen MR) is 84.7 cm³/mol. The van der Waals surface area contributed by atoms with Crippen LogP contribution in [0.5, 0.6) is 0 Å². The number of H-pyrrole nitrogens is 1. The summed E-state index contributed by atoms with van der Waals surface area (Å²) in [5, 5.41) is 0.580. The van der Waals surface area contributed by atoms with Crippen LogP contribution in [-0.2, 0) is 0 Å². The summed E-state index contributed by atoms with van der Waals surface area (Å²) in [6.45, 7) is 0. The molecule has 0 saturated heterocycles. The van der Waals surface area contributed by atoms with E-state index >= 15 is 0 Å². The van der Waals surface area contributed by atoms with Crippen molar-refractivity contribution in [2.75, 3.05) is 0 Å². The second kappa shape index (κ2) is 5.26. The average molecular weight is 341 g/mol. The molecule has 0 aliphatic carbocycles. The van der Waals surface area contributed by atoms with Gasteiger partial charge in [0.25, 0.3) is 5.56 Å². The van der Waals surface area contributed by atoms with E-state index in [1.54, 1.807) is 18.2 Å². The van der Waals surface area contributed by atoms with E-state index in [-0.39, 0.29) is 15.2 Å². The molecule has 2 aromatic carbocycles. The molecular weight excluding hydrogens is 334 g/mol. The number of hydrogen-bond acceptors (Lipinski definition) is 2. The largest absolute Gasteiger partial charge is 0.331 e. The highest BCUT2D eigenvalue weighted by Crippen LogP contribution is 2.24. The molecular formula is C14H7Cl2FN2OS. The zero-order valence-electron chi connectivity index (χ0n) is 10.4. The first-order chi connectivity index (χ1) is 9.99. The molecule has 0 aliphatic heterocycles. The number of aromatic nitrogens is 2. The molecule has 0 radical (unpaired) electrons. The van der Waals surface area contributed by atoms with Crippen molar-refractivity contribution in [3.8, 4) is 5.69 Å². The predicted octanol–water partition coefficient (Wildman–Crippen LogP) is 4.49. The molecule has 0 spiro atoms. The molecule has 0 unspecified atom stereocenters. The monoisotopic (exact) mass is 340 g/mol. The summed E-state index contributed by atoms with van der Waals surface area (Å²) in [5.41, 5.74) is 0.215. The second-order valence-electron chi connectivity index (χ2n) is 4.33. The van der Waals surface area contributed by atoms with Crippen LogP contribution >= 0.6 is 35.4 Å². The van der Waals surface area contributed by atoms with Crippen molar-refractivity contribution in [3.63, 3.8) is 0 Å². The maximum absolute atomic E-state index is 13.9. The summed E-state index contributed by atoms with van der Waals surface area (Å²) >= 11 is 17.0. The zero-order valence-corrected chi connectivity index (χ0v) is 12.7. The van der Waals surface area contributed by atoms with E-state index in [4.69, 9.17) is 35.4 Å². The number of aromatic amines is 1. The molecule has 3 aromatic rings. The third-order valence-electron chi connectivity index (χ3n) is 3.04. The van der Waals surface area contributed by atoms with E-state index in [1.807, 2.05) is 0 Å². The molecule has 0 amide bonds. The maximum Gasteiger partial charge on any atom is 0.269 e. The van der Waals surface area contributed by atoms with E-state index in [0.717, 1.165) is 0 Å². The molecule has 0 atom stereocenters. The number of fused-ring (bicyclic) bond motifs is 1. The lowest BCUT2D eigenvalue weighted by atomic mass is 10.2. The highest BCUT2D eigenvalue weighted by Gasteiger charge is 2.12. The lowest BCUT2D eigenvalue weighted by Gasteiger charge is -2.09. The van der Waals surface area contributed by atoms with Crippen LogP contribution in [0.25, 0.3) is 16.6 Å². The molecule has 0 aliphatic rings. The zero-order chi connectivity index (χ0) is 15.1. The fourth-order valence-corrected chi connectivity index (χ4v) is 2.67. The van der Waals surface area contributed by atoms with Gasteiger partial charge in [0.15, 0.2) is 4.77 Å². The van der Waals surface area contributed by atoms with Gasteiger partial charge >= 0.3 is 0 Å². The summed E-state index contributed by atoms with van der Waals surface area (Å²) in [7, 11) is 0. The SMILES string of the molecule is O=c1c2c(F)cccc2[nH]c(=S)n1-c1ccc(Cl)c(Cl)c1. The van der Waals surface area contributed by atoms with Crippen molar-refractivity contribution < 1.29 is 4.39 Å². The van der Waals surface area contributed by atoms with Crippen LogP contribution in [0.4, 0.5) is 4.39 Å². The van der Waals surface area contributed by atoms with Crippen molar-refractivity contribution in [3.05, 3.63) is 67.4 Å². The molecule has 1 aromatic heterocycles. The van der Waals surface area contributed by atoms with Crippen LogP contribution in [0.2, 0.25) is 10.0 Å². The van der Waals surface area contributed by atoms with Gasteiger partial charge in [-0.25, -0.2) is 4.39 Å². The fourth-order valence-electron chi connectivity index (χ4n) is 2.08. The van der Waals surface area contributed by atoms with E-state index in [1.165, 1.54) is 22.8 Å². The molecule has 106 valence electrons. The highest BCUT2D eigenvalue weighted by molar-refractivity contribution is 7.71. The number of nitrogens with one attached hydrogen (secondary N) is 1. The molecule has 0 fully saturated rings. The van der Waals surface area contributed by atoms with E-state index in [0.29, 0.717) is 16.2 Å². The first kappa shape index (κ1) is 14.3. The lowest BCUT2D eigenvalue weighted by Crippen LogP contribution is -2.21. The third-order valence-corrected chi connectivity index (χ3v) is 4.06. The van der Waals surface area contributed by atoms with Crippen LogP contribution in [0, 0.1) is 10.6 Å². The standard InChI is InChI=1S/C14H7Cl2FN2OS/c15-8-5-4-7(6-9(8)16)19-13(20)12-10(17)2-1-3-11(12)18-14(19)21/h1-6H,(H,18,21). The molecule has 0 bridgehead atoms. The summed E-state index contributed by atoms with van der Waals surface area (Å²) in [4.78, 5) is 15.4. The molecule has 21 heavy (non-hydrogen) atoms.